The van der Waals surface area contributed by atoms with Crippen LogP contribution in [-0.2, 0) is 17.8 Å². The van der Waals surface area contributed by atoms with Gasteiger partial charge in [-0.1, -0.05) is 6.07 Å². The number of fused-ring (bicyclic) bond motifs is 1. The molecule has 0 radical (unpaired) electrons. The molecule has 0 aliphatic heterocycles. The lowest BCUT2D eigenvalue weighted by atomic mass is 10.1. The van der Waals surface area contributed by atoms with E-state index in [0.29, 0.717) is 24.4 Å². The highest BCUT2D eigenvalue weighted by atomic mass is 35.5. The summed E-state index contributed by atoms with van der Waals surface area (Å²) in [6.07, 6.45) is 0.968. The number of nitrogens with two attached hydrogens (primary N) is 1. The van der Waals surface area contributed by atoms with Crippen LogP contribution in [0.4, 0.5) is 5.69 Å². The molecule has 1 aromatic carbocycles. The van der Waals surface area contributed by atoms with Gasteiger partial charge in [-0.2, -0.15) is 4.98 Å². The van der Waals surface area contributed by atoms with Gasteiger partial charge in [0.05, 0.1) is 6.54 Å². The standard InChI is InChI=1S/C19H24N6O.ClH/c1-11-5-6-15(9-12(11)2)22-18(26)8-7-16-13(3)21-19-23-17(10-20)24-25(19)14(16)4;/h5-6,9H,7-8,10,20H2,1-4H3,(H,22,26);1H. The van der Waals surface area contributed by atoms with Crippen molar-refractivity contribution in [2.45, 2.75) is 47.1 Å². The second kappa shape index (κ2) is 8.45. The smallest absolute Gasteiger partial charge is 0.252 e. The highest BCUT2D eigenvalue weighted by Gasteiger charge is 2.14. The van der Waals surface area contributed by atoms with Crippen molar-refractivity contribution in [3.8, 4) is 0 Å². The summed E-state index contributed by atoms with van der Waals surface area (Å²) >= 11 is 0. The van der Waals surface area contributed by atoms with Gasteiger partial charge in [0.1, 0.15) is 0 Å². The monoisotopic (exact) mass is 388 g/mol. The van der Waals surface area contributed by atoms with Gasteiger partial charge in [-0.15, -0.1) is 17.5 Å². The lowest BCUT2D eigenvalue weighted by molar-refractivity contribution is -0.116. The predicted molar refractivity (Wildman–Crippen MR) is 108 cm³/mol. The van der Waals surface area contributed by atoms with E-state index in [9.17, 15) is 4.79 Å². The zero-order valence-corrected chi connectivity index (χ0v) is 16.9. The van der Waals surface area contributed by atoms with Crippen molar-refractivity contribution >= 4 is 29.8 Å². The molecule has 3 rings (SSSR count). The number of amides is 1. The molecule has 0 atom stereocenters. The molecule has 144 valence electrons. The predicted octanol–water partition coefficient (Wildman–Crippen LogP) is 2.81. The molecule has 0 unspecified atom stereocenters. The Morgan fingerprint density at radius 3 is 2.56 bits per heavy atom. The lowest BCUT2D eigenvalue weighted by Gasteiger charge is -2.11. The van der Waals surface area contributed by atoms with E-state index in [0.717, 1.165) is 28.2 Å². The maximum Gasteiger partial charge on any atom is 0.252 e. The van der Waals surface area contributed by atoms with Crippen LogP contribution in [0.3, 0.4) is 0 Å². The highest BCUT2D eigenvalue weighted by molar-refractivity contribution is 5.91. The second-order valence-corrected chi connectivity index (χ2v) is 6.55. The minimum absolute atomic E-state index is 0. The van der Waals surface area contributed by atoms with Crippen molar-refractivity contribution in [2.24, 2.45) is 5.73 Å². The summed E-state index contributed by atoms with van der Waals surface area (Å²) in [6.45, 7) is 8.26. The number of anilines is 1. The second-order valence-electron chi connectivity index (χ2n) is 6.55. The quantitative estimate of drug-likeness (QED) is 0.700. The van der Waals surface area contributed by atoms with Gasteiger partial charge in [-0.25, -0.2) is 9.50 Å². The molecule has 7 nitrogen and oxygen atoms in total. The van der Waals surface area contributed by atoms with E-state index in [1.165, 1.54) is 5.56 Å². The molecule has 0 spiro atoms. The molecule has 0 saturated heterocycles. The number of rotatable bonds is 5. The first-order valence-corrected chi connectivity index (χ1v) is 8.68. The Morgan fingerprint density at radius 1 is 1.15 bits per heavy atom. The number of carbonyl (C=O) groups is 1. The molecule has 8 heteroatoms. The third-order valence-electron chi connectivity index (χ3n) is 4.67. The van der Waals surface area contributed by atoms with Crippen LogP contribution in [0, 0.1) is 27.7 Å². The summed E-state index contributed by atoms with van der Waals surface area (Å²) in [7, 11) is 0. The van der Waals surface area contributed by atoms with E-state index in [1.54, 1.807) is 4.52 Å². The fourth-order valence-corrected chi connectivity index (χ4v) is 2.98. The summed E-state index contributed by atoms with van der Waals surface area (Å²) in [5, 5.41) is 7.32. The molecule has 0 aliphatic carbocycles. The van der Waals surface area contributed by atoms with E-state index in [4.69, 9.17) is 5.73 Å². The number of nitrogens with zero attached hydrogens (tertiary/aromatic N) is 4. The van der Waals surface area contributed by atoms with Crippen LogP contribution in [0.25, 0.3) is 5.78 Å². The minimum Gasteiger partial charge on any atom is -0.326 e. The molecule has 0 saturated carbocycles. The van der Waals surface area contributed by atoms with Gasteiger partial charge in [0, 0.05) is 23.5 Å². The Labute approximate surface area is 164 Å². The zero-order chi connectivity index (χ0) is 18.8. The third kappa shape index (κ3) is 4.43. The summed E-state index contributed by atoms with van der Waals surface area (Å²) in [5.74, 6) is 1.09. The first kappa shape index (κ1) is 20.8. The number of carbonyl (C=O) groups excluding carboxylic acids is 1. The average molecular weight is 389 g/mol. The Morgan fingerprint density at radius 2 is 1.89 bits per heavy atom. The van der Waals surface area contributed by atoms with E-state index in [1.807, 2.05) is 39.0 Å². The number of benzene rings is 1. The van der Waals surface area contributed by atoms with E-state index < -0.39 is 0 Å². The Bertz CT molecular complexity index is 982. The molecule has 0 fully saturated rings. The molecule has 0 aliphatic rings. The normalized spacial score (nSPS) is 10.7. The van der Waals surface area contributed by atoms with Crippen LogP contribution in [0.1, 0.15) is 40.3 Å². The molecule has 3 aromatic rings. The number of hydrogen-bond donors (Lipinski definition) is 2. The maximum absolute atomic E-state index is 12.3. The highest BCUT2D eigenvalue weighted by Crippen LogP contribution is 2.17. The first-order chi connectivity index (χ1) is 12.4. The van der Waals surface area contributed by atoms with Gasteiger partial charge in [0.15, 0.2) is 5.82 Å². The maximum atomic E-state index is 12.3. The largest absolute Gasteiger partial charge is 0.326 e. The van der Waals surface area contributed by atoms with Gasteiger partial charge in [0.2, 0.25) is 5.91 Å². The van der Waals surface area contributed by atoms with Crippen LogP contribution >= 0.6 is 12.4 Å². The molecule has 2 heterocycles. The van der Waals surface area contributed by atoms with Crippen LogP contribution < -0.4 is 11.1 Å². The lowest BCUT2D eigenvalue weighted by Crippen LogP contribution is -2.14. The summed E-state index contributed by atoms with van der Waals surface area (Å²) in [6, 6.07) is 5.92. The zero-order valence-electron chi connectivity index (χ0n) is 16.0. The van der Waals surface area contributed by atoms with Crippen molar-refractivity contribution in [1.29, 1.82) is 0 Å². The van der Waals surface area contributed by atoms with Crippen LogP contribution in [-0.4, -0.2) is 25.5 Å². The summed E-state index contributed by atoms with van der Waals surface area (Å²) in [4.78, 5) is 21.1. The van der Waals surface area contributed by atoms with Gasteiger partial charge >= 0.3 is 0 Å². The number of aryl methyl sites for hydroxylation is 4. The van der Waals surface area contributed by atoms with Gasteiger partial charge in [0.25, 0.3) is 5.78 Å². The van der Waals surface area contributed by atoms with Crippen LogP contribution in [0.15, 0.2) is 18.2 Å². The number of aromatic nitrogens is 4. The first-order valence-electron chi connectivity index (χ1n) is 8.68. The summed E-state index contributed by atoms with van der Waals surface area (Å²) < 4.78 is 1.70. The summed E-state index contributed by atoms with van der Waals surface area (Å²) in [5.41, 5.74) is 11.6. The fourth-order valence-electron chi connectivity index (χ4n) is 2.98. The van der Waals surface area contributed by atoms with Crippen molar-refractivity contribution in [3.63, 3.8) is 0 Å². The van der Waals surface area contributed by atoms with Crippen molar-refractivity contribution in [1.82, 2.24) is 19.6 Å². The van der Waals surface area contributed by atoms with E-state index in [2.05, 4.69) is 27.3 Å². The number of halogens is 1. The Hall–Kier alpha value is -2.51. The molecular weight excluding hydrogens is 364 g/mol. The molecule has 27 heavy (non-hydrogen) atoms. The minimum atomic E-state index is -0.0200. The number of hydrogen-bond acceptors (Lipinski definition) is 5. The van der Waals surface area contributed by atoms with E-state index >= 15 is 0 Å². The van der Waals surface area contributed by atoms with Crippen molar-refractivity contribution in [3.05, 3.63) is 52.1 Å². The molecule has 2 aromatic heterocycles. The third-order valence-corrected chi connectivity index (χ3v) is 4.67. The average Bonchev–Trinajstić information content (AvgIpc) is 3.01. The number of nitrogens with one attached hydrogen (secondary N) is 1. The van der Waals surface area contributed by atoms with Crippen LogP contribution in [0.5, 0.6) is 0 Å². The topological polar surface area (TPSA) is 98.2 Å². The SMILES string of the molecule is Cc1ccc(NC(=O)CCc2c(C)nc3nc(CN)nn3c2C)cc1C.Cl. The fraction of sp³-hybridized carbons (Fsp3) is 0.368. The molecule has 3 N–H and O–H groups in total. The van der Waals surface area contributed by atoms with Gasteiger partial charge < -0.3 is 11.1 Å². The van der Waals surface area contributed by atoms with Crippen molar-refractivity contribution < 1.29 is 4.79 Å². The Balaban J connectivity index is 0.00000261. The van der Waals surface area contributed by atoms with Gasteiger partial charge in [-0.3, -0.25) is 4.79 Å². The van der Waals surface area contributed by atoms with Crippen molar-refractivity contribution in [2.75, 3.05) is 5.32 Å². The Kier molecular flexibility index (Phi) is 6.51. The van der Waals surface area contributed by atoms with Crippen LogP contribution in [0.2, 0.25) is 0 Å². The molecular formula is C19H25ClN6O. The molecule has 1 amide bonds. The van der Waals surface area contributed by atoms with Gasteiger partial charge in [-0.05, 0) is 62.9 Å². The van der Waals surface area contributed by atoms with E-state index in [-0.39, 0.29) is 24.9 Å². The molecule has 0 bridgehead atoms.